The van der Waals surface area contributed by atoms with Crippen molar-refractivity contribution in [2.45, 2.75) is 18.6 Å². The van der Waals surface area contributed by atoms with E-state index >= 15 is 0 Å². The van der Waals surface area contributed by atoms with Crippen molar-refractivity contribution in [1.82, 2.24) is 15.5 Å². The predicted octanol–water partition coefficient (Wildman–Crippen LogP) is 3.09. The van der Waals surface area contributed by atoms with Gasteiger partial charge in [0.25, 0.3) is 0 Å². The van der Waals surface area contributed by atoms with Gasteiger partial charge in [0.15, 0.2) is 5.96 Å². The number of nitrogens with one attached hydrogen (secondary N) is 2. The number of guanidine groups is 1. The van der Waals surface area contributed by atoms with Gasteiger partial charge < -0.3 is 15.5 Å². The van der Waals surface area contributed by atoms with Crippen molar-refractivity contribution in [2.75, 3.05) is 34.2 Å². The maximum atomic E-state index is 12.1. The normalized spacial score (nSPS) is 13.7. The van der Waals surface area contributed by atoms with Crippen molar-refractivity contribution >= 4 is 41.3 Å². The molecule has 0 amide bonds. The fraction of sp³-hybridized carbons (Fsp3) is 0.615. The molecule has 1 unspecified atom stereocenters. The van der Waals surface area contributed by atoms with Crippen LogP contribution in [0.5, 0.6) is 0 Å². The second-order valence-electron chi connectivity index (χ2n) is 4.74. The molecule has 0 aliphatic carbocycles. The number of nitrogens with zero attached hydrogens (tertiary/aromatic N) is 2. The van der Waals surface area contributed by atoms with E-state index in [2.05, 4.69) is 20.5 Å². The molecule has 1 rings (SSSR count). The summed E-state index contributed by atoms with van der Waals surface area (Å²) in [5.74, 6) is 0.377. The lowest BCUT2D eigenvalue weighted by atomic mass is 10.2. The van der Waals surface area contributed by atoms with Gasteiger partial charge in [0, 0.05) is 25.0 Å². The predicted molar refractivity (Wildman–Crippen MR) is 96.2 cm³/mol. The molecule has 1 aromatic rings. The van der Waals surface area contributed by atoms with Gasteiger partial charge in [-0.2, -0.15) is 13.2 Å². The van der Waals surface area contributed by atoms with Crippen LogP contribution in [0.1, 0.15) is 17.3 Å². The van der Waals surface area contributed by atoms with Gasteiger partial charge in [-0.15, -0.1) is 35.3 Å². The quantitative estimate of drug-likeness (QED) is 0.398. The zero-order valence-corrected chi connectivity index (χ0v) is 15.9. The van der Waals surface area contributed by atoms with Crippen LogP contribution < -0.4 is 10.6 Å². The van der Waals surface area contributed by atoms with Crippen molar-refractivity contribution in [1.29, 1.82) is 0 Å². The van der Waals surface area contributed by atoms with Gasteiger partial charge in [0.1, 0.15) is 0 Å². The fourth-order valence-electron chi connectivity index (χ4n) is 1.76. The molecule has 0 fully saturated rings. The summed E-state index contributed by atoms with van der Waals surface area (Å²) in [6.07, 6.45) is -5.04. The minimum absolute atomic E-state index is 0. The van der Waals surface area contributed by atoms with Crippen LogP contribution in [0.25, 0.3) is 0 Å². The number of rotatable bonds is 6. The summed E-state index contributed by atoms with van der Waals surface area (Å²) in [5, 5.41) is 7.73. The summed E-state index contributed by atoms with van der Waals surface area (Å²) in [4.78, 5) is 7.18. The molecule has 0 aliphatic heterocycles. The summed E-state index contributed by atoms with van der Waals surface area (Å²) >= 11 is 1.65. The van der Waals surface area contributed by atoms with Crippen molar-refractivity contribution in [3.05, 3.63) is 22.4 Å². The minimum atomic E-state index is -4.16. The number of halogens is 4. The molecule has 0 saturated carbocycles. The molecule has 22 heavy (non-hydrogen) atoms. The van der Waals surface area contributed by atoms with E-state index in [-0.39, 0.29) is 36.6 Å². The molecule has 0 spiro atoms. The average Bonchev–Trinajstić information content (AvgIpc) is 2.88. The highest BCUT2D eigenvalue weighted by molar-refractivity contribution is 14.0. The number of aliphatic imine (C=N–C) groups is 1. The number of alkyl halides is 3. The van der Waals surface area contributed by atoms with Crippen molar-refractivity contribution < 1.29 is 13.2 Å². The first-order valence-electron chi connectivity index (χ1n) is 6.54. The average molecular weight is 450 g/mol. The molecule has 0 radical (unpaired) electrons. The van der Waals surface area contributed by atoms with Crippen molar-refractivity contribution in [3.8, 4) is 0 Å². The van der Waals surface area contributed by atoms with Crippen molar-refractivity contribution in [3.63, 3.8) is 0 Å². The van der Waals surface area contributed by atoms with Crippen LogP contribution in [-0.4, -0.2) is 51.3 Å². The van der Waals surface area contributed by atoms with E-state index in [4.69, 9.17) is 0 Å². The first-order chi connectivity index (χ1) is 9.83. The maximum Gasteiger partial charge on any atom is 0.390 e. The van der Waals surface area contributed by atoms with Gasteiger partial charge in [-0.1, -0.05) is 6.07 Å². The molecule has 1 heterocycles. The summed E-state index contributed by atoms with van der Waals surface area (Å²) < 4.78 is 36.3. The Morgan fingerprint density at radius 3 is 2.50 bits per heavy atom. The summed E-state index contributed by atoms with van der Waals surface area (Å²) in [7, 11) is 5.47. The summed E-state index contributed by atoms with van der Waals surface area (Å²) in [6.45, 7) is 0.383. The van der Waals surface area contributed by atoms with Crippen LogP contribution in [0.15, 0.2) is 22.5 Å². The number of likely N-dealkylation sites (N-methyl/N-ethyl adjacent to an activating group) is 1. The Morgan fingerprint density at radius 2 is 2.05 bits per heavy atom. The van der Waals surface area contributed by atoms with E-state index in [0.717, 1.165) is 0 Å². The van der Waals surface area contributed by atoms with Gasteiger partial charge >= 0.3 is 6.18 Å². The van der Waals surface area contributed by atoms with Gasteiger partial charge in [0.05, 0.1) is 12.5 Å². The van der Waals surface area contributed by atoms with Crippen LogP contribution in [0.4, 0.5) is 13.2 Å². The van der Waals surface area contributed by atoms with E-state index < -0.39 is 12.6 Å². The lowest BCUT2D eigenvalue weighted by Crippen LogP contribution is -2.42. The molecule has 0 aromatic carbocycles. The largest absolute Gasteiger partial charge is 0.390 e. The van der Waals surface area contributed by atoms with Gasteiger partial charge in [-0.05, 0) is 25.5 Å². The van der Waals surface area contributed by atoms with Crippen LogP contribution >= 0.6 is 35.3 Å². The van der Waals surface area contributed by atoms with Crippen molar-refractivity contribution in [2.24, 2.45) is 4.99 Å². The fourth-order valence-corrected chi connectivity index (χ4v) is 2.68. The number of hydrogen-bond donors (Lipinski definition) is 2. The second-order valence-corrected chi connectivity index (χ2v) is 5.72. The second kappa shape index (κ2) is 10.3. The summed E-state index contributed by atoms with van der Waals surface area (Å²) in [6, 6.07) is 4.16. The zero-order chi connectivity index (χ0) is 15.9. The third-order valence-electron chi connectivity index (χ3n) is 2.88. The number of thiophene rings is 1. The molecule has 1 aromatic heterocycles. The first kappa shape index (κ1) is 21.4. The third kappa shape index (κ3) is 8.18. The Hall–Kier alpha value is -0.550. The molecule has 0 bridgehead atoms. The minimum Gasteiger partial charge on any atom is -0.356 e. The van der Waals surface area contributed by atoms with E-state index in [1.807, 2.05) is 31.6 Å². The molecule has 9 heteroatoms. The van der Waals surface area contributed by atoms with Gasteiger partial charge in [-0.3, -0.25) is 4.99 Å². The van der Waals surface area contributed by atoms with Crippen LogP contribution in [-0.2, 0) is 0 Å². The maximum absolute atomic E-state index is 12.1. The van der Waals surface area contributed by atoms with E-state index in [1.165, 1.54) is 4.88 Å². The third-order valence-corrected chi connectivity index (χ3v) is 3.86. The SMILES string of the molecule is CN=C(NCCC(F)(F)F)NCC(c1cccs1)N(C)C.I. The molecule has 2 N–H and O–H groups in total. The molecular weight excluding hydrogens is 428 g/mol. The zero-order valence-electron chi connectivity index (χ0n) is 12.8. The van der Waals surface area contributed by atoms with Crippen LogP contribution in [0.3, 0.4) is 0 Å². The lowest BCUT2D eigenvalue weighted by molar-refractivity contribution is -0.132. The Kier molecular flexibility index (Phi) is 10.0. The van der Waals surface area contributed by atoms with E-state index in [1.54, 1.807) is 18.4 Å². The highest BCUT2D eigenvalue weighted by Gasteiger charge is 2.26. The Morgan fingerprint density at radius 1 is 1.36 bits per heavy atom. The van der Waals surface area contributed by atoms with Gasteiger partial charge in [0.2, 0.25) is 0 Å². The summed E-state index contributed by atoms with van der Waals surface area (Å²) in [5.41, 5.74) is 0. The Bertz CT molecular complexity index is 435. The molecular formula is C13H22F3IN4S. The Balaban J connectivity index is 0.00000441. The topological polar surface area (TPSA) is 39.7 Å². The highest BCUT2D eigenvalue weighted by atomic mass is 127. The van der Waals surface area contributed by atoms with Gasteiger partial charge in [-0.25, -0.2) is 0 Å². The monoisotopic (exact) mass is 450 g/mol. The van der Waals surface area contributed by atoms with E-state index in [9.17, 15) is 13.2 Å². The smallest absolute Gasteiger partial charge is 0.356 e. The van der Waals surface area contributed by atoms with Crippen LogP contribution in [0, 0.1) is 0 Å². The standard InChI is InChI=1S/C13H21F3N4S.HI/c1-17-12(18-7-6-13(14,15)16)19-9-10(20(2)3)11-5-4-8-21-11;/h4-5,8,10H,6-7,9H2,1-3H3,(H2,17,18,19);1H. The van der Waals surface area contributed by atoms with Crippen LogP contribution in [0.2, 0.25) is 0 Å². The highest BCUT2D eigenvalue weighted by Crippen LogP contribution is 2.22. The Labute approximate surface area is 150 Å². The lowest BCUT2D eigenvalue weighted by Gasteiger charge is -2.24. The number of hydrogen-bond acceptors (Lipinski definition) is 3. The first-order valence-corrected chi connectivity index (χ1v) is 7.42. The van der Waals surface area contributed by atoms with E-state index in [0.29, 0.717) is 12.5 Å². The molecule has 128 valence electrons. The molecule has 4 nitrogen and oxygen atoms in total. The molecule has 0 aliphatic rings. The molecule has 1 atom stereocenters. The molecule has 0 saturated heterocycles.